The Bertz CT molecular complexity index is 224. The average Bonchev–Trinajstić information content (AvgIpc) is 2.71. The Balaban J connectivity index is 1.94. The van der Waals surface area contributed by atoms with Crippen molar-refractivity contribution in [1.82, 2.24) is 0 Å². The smallest absolute Gasteiger partial charge is 0.187 e. The molecule has 72 valence electrons. The molecular weight excluding hydrogens is 164 g/mol. The molecule has 0 bridgehead atoms. The molecule has 0 N–H and O–H groups in total. The van der Waals surface area contributed by atoms with Crippen LogP contribution in [0.3, 0.4) is 0 Å². The van der Waals surface area contributed by atoms with Gasteiger partial charge in [-0.3, -0.25) is 4.79 Å². The predicted molar refractivity (Wildman–Crippen MR) is 50.5 cm³/mol. The fraction of sp³-hybridized carbons (Fsp3) is 0.727. The monoisotopic (exact) mass is 180 g/mol. The van der Waals surface area contributed by atoms with Crippen LogP contribution >= 0.6 is 0 Å². The summed E-state index contributed by atoms with van der Waals surface area (Å²) in [5.74, 6) is 0.261. The van der Waals surface area contributed by atoms with Gasteiger partial charge < -0.3 is 4.74 Å². The van der Waals surface area contributed by atoms with Gasteiger partial charge in [-0.25, -0.2) is 0 Å². The van der Waals surface area contributed by atoms with Crippen molar-refractivity contribution in [1.29, 1.82) is 0 Å². The molecule has 1 unspecified atom stereocenters. The Morgan fingerprint density at radius 3 is 2.92 bits per heavy atom. The molecule has 1 aliphatic carbocycles. The Kier molecular flexibility index (Phi) is 2.79. The van der Waals surface area contributed by atoms with Crippen LogP contribution in [-0.2, 0) is 9.53 Å². The van der Waals surface area contributed by atoms with E-state index in [4.69, 9.17) is 4.74 Å². The first-order chi connectivity index (χ1) is 6.38. The highest BCUT2D eigenvalue weighted by Gasteiger charge is 2.25. The number of hydrogen-bond donors (Lipinski definition) is 0. The second-order valence-electron chi connectivity index (χ2n) is 3.84. The van der Waals surface area contributed by atoms with Crippen molar-refractivity contribution in [3.8, 4) is 0 Å². The van der Waals surface area contributed by atoms with E-state index in [2.05, 4.69) is 6.08 Å². The number of carbonyl (C=O) groups is 1. The summed E-state index contributed by atoms with van der Waals surface area (Å²) in [6, 6.07) is 0. The van der Waals surface area contributed by atoms with E-state index in [1.165, 1.54) is 0 Å². The van der Waals surface area contributed by atoms with Crippen LogP contribution in [-0.4, -0.2) is 18.5 Å². The minimum absolute atomic E-state index is 0.113. The fourth-order valence-electron chi connectivity index (χ4n) is 2.05. The molecule has 1 saturated heterocycles. The Labute approximate surface area is 79.0 Å². The summed E-state index contributed by atoms with van der Waals surface area (Å²) in [7, 11) is 0. The summed E-state index contributed by atoms with van der Waals surface area (Å²) in [5.41, 5.74) is 1.02. The number of ether oxygens (including phenoxy) is 1. The zero-order chi connectivity index (χ0) is 9.10. The number of ketones is 1. The van der Waals surface area contributed by atoms with Gasteiger partial charge in [0.2, 0.25) is 0 Å². The van der Waals surface area contributed by atoms with Crippen LogP contribution in [0.1, 0.15) is 38.5 Å². The van der Waals surface area contributed by atoms with Gasteiger partial charge in [0, 0.05) is 6.61 Å². The highest BCUT2D eigenvalue weighted by molar-refractivity contribution is 5.99. The average molecular weight is 180 g/mol. The van der Waals surface area contributed by atoms with Gasteiger partial charge >= 0.3 is 0 Å². The van der Waals surface area contributed by atoms with E-state index in [-0.39, 0.29) is 11.9 Å². The fourth-order valence-corrected chi connectivity index (χ4v) is 2.05. The molecule has 0 aromatic rings. The molecule has 1 atom stereocenters. The molecule has 2 aliphatic rings. The zero-order valence-electron chi connectivity index (χ0n) is 7.92. The lowest BCUT2D eigenvalue weighted by atomic mass is 10.00. The van der Waals surface area contributed by atoms with Gasteiger partial charge in [0.15, 0.2) is 5.78 Å². The second kappa shape index (κ2) is 4.05. The summed E-state index contributed by atoms with van der Waals surface area (Å²) in [4.78, 5) is 11.8. The molecule has 2 rings (SSSR count). The highest BCUT2D eigenvalue weighted by Crippen LogP contribution is 2.23. The Morgan fingerprint density at radius 2 is 2.31 bits per heavy atom. The van der Waals surface area contributed by atoms with Crippen LogP contribution in [0, 0.1) is 0 Å². The minimum Gasteiger partial charge on any atom is -0.370 e. The van der Waals surface area contributed by atoms with Crippen LogP contribution in [0.4, 0.5) is 0 Å². The molecule has 13 heavy (non-hydrogen) atoms. The minimum atomic E-state index is -0.113. The van der Waals surface area contributed by atoms with E-state index >= 15 is 0 Å². The summed E-state index contributed by atoms with van der Waals surface area (Å²) >= 11 is 0. The van der Waals surface area contributed by atoms with Gasteiger partial charge in [-0.1, -0.05) is 6.08 Å². The van der Waals surface area contributed by atoms with E-state index in [1.807, 2.05) is 0 Å². The van der Waals surface area contributed by atoms with Crippen molar-refractivity contribution in [3.63, 3.8) is 0 Å². The van der Waals surface area contributed by atoms with Crippen molar-refractivity contribution in [2.24, 2.45) is 0 Å². The van der Waals surface area contributed by atoms with Gasteiger partial charge in [-0.05, 0) is 44.1 Å². The van der Waals surface area contributed by atoms with Crippen LogP contribution in [0.2, 0.25) is 0 Å². The summed E-state index contributed by atoms with van der Waals surface area (Å²) < 4.78 is 5.46. The SMILES string of the molecule is O=C(C1=CCCC1)C1CCCCO1. The maximum Gasteiger partial charge on any atom is 0.187 e. The van der Waals surface area contributed by atoms with Crippen molar-refractivity contribution < 1.29 is 9.53 Å². The number of carbonyl (C=O) groups excluding carboxylic acids is 1. The zero-order valence-corrected chi connectivity index (χ0v) is 7.92. The summed E-state index contributed by atoms with van der Waals surface area (Å²) in [5, 5.41) is 0. The topological polar surface area (TPSA) is 26.3 Å². The summed E-state index contributed by atoms with van der Waals surface area (Å²) in [6.45, 7) is 0.768. The molecule has 0 spiro atoms. The number of rotatable bonds is 2. The van der Waals surface area contributed by atoms with Crippen molar-refractivity contribution >= 4 is 5.78 Å². The van der Waals surface area contributed by atoms with E-state index in [0.29, 0.717) is 0 Å². The van der Waals surface area contributed by atoms with E-state index in [9.17, 15) is 4.79 Å². The molecule has 0 saturated carbocycles. The lowest BCUT2D eigenvalue weighted by Crippen LogP contribution is -2.28. The first kappa shape index (κ1) is 8.95. The predicted octanol–water partition coefficient (Wildman–Crippen LogP) is 2.23. The standard InChI is InChI=1S/C11H16O2/c12-11(9-5-1-2-6-9)10-7-3-4-8-13-10/h5,10H,1-4,6-8H2. The van der Waals surface area contributed by atoms with Crippen LogP contribution in [0.25, 0.3) is 0 Å². The van der Waals surface area contributed by atoms with Crippen LogP contribution in [0.5, 0.6) is 0 Å². The summed E-state index contributed by atoms with van der Waals surface area (Å²) in [6.07, 6.45) is 8.35. The van der Waals surface area contributed by atoms with Gasteiger partial charge in [0.1, 0.15) is 6.10 Å². The van der Waals surface area contributed by atoms with Crippen molar-refractivity contribution in [2.75, 3.05) is 6.61 Å². The molecule has 1 heterocycles. The molecule has 0 radical (unpaired) electrons. The van der Waals surface area contributed by atoms with Crippen LogP contribution in [0.15, 0.2) is 11.6 Å². The molecule has 0 amide bonds. The molecule has 2 nitrogen and oxygen atoms in total. The van der Waals surface area contributed by atoms with Gasteiger partial charge in [0.25, 0.3) is 0 Å². The first-order valence-corrected chi connectivity index (χ1v) is 5.23. The largest absolute Gasteiger partial charge is 0.370 e. The van der Waals surface area contributed by atoms with E-state index < -0.39 is 0 Å². The normalized spacial score (nSPS) is 28.6. The molecule has 1 fully saturated rings. The number of Topliss-reactive ketones (excluding diaryl/α,β-unsaturated/α-hetero) is 1. The quantitative estimate of drug-likeness (QED) is 0.651. The Morgan fingerprint density at radius 1 is 1.38 bits per heavy atom. The van der Waals surface area contributed by atoms with Gasteiger partial charge in [-0.15, -0.1) is 0 Å². The van der Waals surface area contributed by atoms with E-state index in [1.54, 1.807) is 0 Å². The van der Waals surface area contributed by atoms with Crippen molar-refractivity contribution in [3.05, 3.63) is 11.6 Å². The highest BCUT2D eigenvalue weighted by atomic mass is 16.5. The molecule has 0 aromatic carbocycles. The Hall–Kier alpha value is -0.630. The lowest BCUT2D eigenvalue weighted by molar-refractivity contribution is -0.129. The maximum atomic E-state index is 11.8. The second-order valence-corrected chi connectivity index (χ2v) is 3.84. The van der Waals surface area contributed by atoms with Gasteiger partial charge in [0.05, 0.1) is 0 Å². The van der Waals surface area contributed by atoms with Crippen molar-refractivity contribution in [2.45, 2.75) is 44.6 Å². The van der Waals surface area contributed by atoms with Crippen LogP contribution < -0.4 is 0 Å². The maximum absolute atomic E-state index is 11.8. The molecular formula is C11H16O2. The number of hydrogen-bond acceptors (Lipinski definition) is 2. The molecule has 2 heteroatoms. The number of allylic oxidation sites excluding steroid dienone is 1. The molecule has 0 aromatic heterocycles. The lowest BCUT2D eigenvalue weighted by Gasteiger charge is -2.21. The van der Waals surface area contributed by atoms with Gasteiger partial charge in [-0.2, -0.15) is 0 Å². The van der Waals surface area contributed by atoms with E-state index in [0.717, 1.165) is 50.7 Å². The third-order valence-corrected chi connectivity index (χ3v) is 2.83. The molecule has 1 aliphatic heterocycles. The third-order valence-electron chi connectivity index (χ3n) is 2.83. The third kappa shape index (κ3) is 1.99. The first-order valence-electron chi connectivity index (χ1n) is 5.23.